The molecule has 0 saturated heterocycles. The standard InChI is InChI=1S/C17H25N3O/c1-4-17(18-5-2)15-7-9-16(10-8-15)21-13-14-11-19-20(6-3)12-14/h7-12,17-18H,4-6,13H2,1-3H3. The molecule has 1 atom stereocenters. The first-order valence-corrected chi connectivity index (χ1v) is 7.74. The minimum absolute atomic E-state index is 0.423. The van der Waals surface area contributed by atoms with E-state index in [2.05, 4.69) is 43.3 Å². The zero-order valence-electron chi connectivity index (χ0n) is 13.2. The predicted octanol–water partition coefficient (Wildman–Crippen LogP) is 3.54. The monoisotopic (exact) mass is 287 g/mol. The van der Waals surface area contributed by atoms with Gasteiger partial charge in [0.25, 0.3) is 0 Å². The van der Waals surface area contributed by atoms with Crippen LogP contribution in [-0.4, -0.2) is 16.3 Å². The van der Waals surface area contributed by atoms with Crippen LogP contribution in [0.3, 0.4) is 0 Å². The van der Waals surface area contributed by atoms with E-state index >= 15 is 0 Å². The van der Waals surface area contributed by atoms with Crippen molar-refractivity contribution in [3.63, 3.8) is 0 Å². The highest BCUT2D eigenvalue weighted by Gasteiger charge is 2.07. The van der Waals surface area contributed by atoms with Gasteiger partial charge >= 0.3 is 0 Å². The summed E-state index contributed by atoms with van der Waals surface area (Å²) >= 11 is 0. The topological polar surface area (TPSA) is 39.1 Å². The lowest BCUT2D eigenvalue weighted by molar-refractivity contribution is 0.306. The summed E-state index contributed by atoms with van der Waals surface area (Å²) in [6.07, 6.45) is 4.97. The van der Waals surface area contributed by atoms with Gasteiger partial charge in [0.05, 0.1) is 6.20 Å². The number of benzene rings is 1. The smallest absolute Gasteiger partial charge is 0.119 e. The molecule has 0 radical (unpaired) electrons. The first-order chi connectivity index (χ1) is 10.3. The molecule has 0 fully saturated rings. The highest BCUT2D eigenvalue weighted by Crippen LogP contribution is 2.20. The summed E-state index contributed by atoms with van der Waals surface area (Å²) in [5, 5.41) is 7.73. The van der Waals surface area contributed by atoms with Crippen LogP contribution in [0, 0.1) is 0 Å². The minimum atomic E-state index is 0.423. The molecule has 1 aromatic carbocycles. The molecule has 0 aliphatic carbocycles. The molecule has 2 rings (SSSR count). The fourth-order valence-corrected chi connectivity index (χ4v) is 2.36. The van der Waals surface area contributed by atoms with Gasteiger partial charge in [0, 0.05) is 24.3 Å². The highest BCUT2D eigenvalue weighted by molar-refractivity contribution is 5.29. The summed E-state index contributed by atoms with van der Waals surface area (Å²) in [6, 6.07) is 8.79. The molecule has 4 heteroatoms. The van der Waals surface area contributed by atoms with Gasteiger partial charge in [-0.05, 0) is 37.6 Å². The Kier molecular flexibility index (Phi) is 5.81. The van der Waals surface area contributed by atoms with Crippen molar-refractivity contribution < 1.29 is 4.74 Å². The molecule has 0 spiro atoms. The van der Waals surface area contributed by atoms with Gasteiger partial charge in [-0.2, -0.15) is 5.10 Å². The minimum Gasteiger partial charge on any atom is -0.489 e. The molecule has 0 bridgehead atoms. The molecule has 1 aromatic heterocycles. The molecule has 1 unspecified atom stereocenters. The van der Waals surface area contributed by atoms with E-state index in [0.717, 1.165) is 30.8 Å². The number of nitrogens with one attached hydrogen (secondary N) is 1. The number of rotatable bonds is 8. The SMILES string of the molecule is CCNC(CC)c1ccc(OCc2cnn(CC)c2)cc1. The lowest BCUT2D eigenvalue weighted by Gasteiger charge is -2.16. The van der Waals surface area contributed by atoms with E-state index in [4.69, 9.17) is 4.74 Å². The van der Waals surface area contributed by atoms with Gasteiger partial charge < -0.3 is 10.1 Å². The number of hydrogen-bond donors (Lipinski definition) is 1. The van der Waals surface area contributed by atoms with Crippen LogP contribution in [0.1, 0.15) is 44.4 Å². The summed E-state index contributed by atoms with van der Waals surface area (Å²) in [6.45, 7) is 8.84. The molecule has 114 valence electrons. The van der Waals surface area contributed by atoms with E-state index in [0.29, 0.717) is 12.6 Å². The van der Waals surface area contributed by atoms with Crippen molar-refractivity contribution in [2.75, 3.05) is 6.54 Å². The maximum atomic E-state index is 5.80. The summed E-state index contributed by atoms with van der Waals surface area (Å²) < 4.78 is 7.71. The third kappa shape index (κ3) is 4.33. The maximum absolute atomic E-state index is 5.80. The Hall–Kier alpha value is -1.81. The van der Waals surface area contributed by atoms with Crippen molar-refractivity contribution in [2.24, 2.45) is 0 Å². The van der Waals surface area contributed by atoms with Crippen molar-refractivity contribution in [1.29, 1.82) is 0 Å². The number of nitrogens with zero attached hydrogens (tertiary/aromatic N) is 2. The van der Waals surface area contributed by atoms with Gasteiger partial charge in [-0.25, -0.2) is 0 Å². The lowest BCUT2D eigenvalue weighted by Crippen LogP contribution is -2.19. The molecule has 0 aliphatic rings. The first kappa shape index (κ1) is 15.6. The average Bonchev–Trinajstić information content (AvgIpc) is 2.99. The van der Waals surface area contributed by atoms with Crippen LogP contribution < -0.4 is 10.1 Å². The van der Waals surface area contributed by atoms with Gasteiger partial charge in [-0.15, -0.1) is 0 Å². The van der Waals surface area contributed by atoms with Gasteiger partial charge in [0.2, 0.25) is 0 Å². The normalized spacial score (nSPS) is 12.3. The second-order valence-electron chi connectivity index (χ2n) is 5.08. The zero-order valence-corrected chi connectivity index (χ0v) is 13.2. The van der Waals surface area contributed by atoms with Crippen molar-refractivity contribution in [1.82, 2.24) is 15.1 Å². The molecular weight excluding hydrogens is 262 g/mol. The van der Waals surface area contributed by atoms with E-state index in [9.17, 15) is 0 Å². The Bertz CT molecular complexity index is 533. The second kappa shape index (κ2) is 7.84. The first-order valence-electron chi connectivity index (χ1n) is 7.74. The number of aryl methyl sites for hydroxylation is 1. The number of ether oxygens (including phenoxy) is 1. The Morgan fingerprint density at radius 1 is 1.19 bits per heavy atom. The van der Waals surface area contributed by atoms with Crippen LogP contribution in [0.15, 0.2) is 36.7 Å². The third-order valence-corrected chi connectivity index (χ3v) is 3.56. The molecule has 1 N–H and O–H groups in total. The molecule has 21 heavy (non-hydrogen) atoms. The van der Waals surface area contributed by atoms with E-state index in [1.165, 1.54) is 5.56 Å². The zero-order chi connectivity index (χ0) is 15.1. The Balaban J connectivity index is 1.92. The van der Waals surface area contributed by atoms with Crippen LogP contribution in [0.2, 0.25) is 0 Å². The van der Waals surface area contributed by atoms with Crippen LogP contribution in [0.4, 0.5) is 0 Å². The third-order valence-electron chi connectivity index (χ3n) is 3.56. The molecule has 0 saturated carbocycles. The van der Waals surface area contributed by atoms with Crippen LogP contribution >= 0.6 is 0 Å². The van der Waals surface area contributed by atoms with Gasteiger partial charge in [-0.3, -0.25) is 4.68 Å². The largest absolute Gasteiger partial charge is 0.489 e. The van der Waals surface area contributed by atoms with Crippen LogP contribution in [-0.2, 0) is 13.2 Å². The van der Waals surface area contributed by atoms with Crippen molar-refractivity contribution in [3.05, 3.63) is 47.8 Å². The summed E-state index contributed by atoms with van der Waals surface area (Å²) in [7, 11) is 0. The van der Waals surface area contributed by atoms with Crippen LogP contribution in [0.5, 0.6) is 5.75 Å². The Morgan fingerprint density at radius 2 is 1.95 bits per heavy atom. The summed E-state index contributed by atoms with van der Waals surface area (Å²) in [4.78, 5) is 0. The maximum Gasteiger partial charge on any atom is 0.119 e. The number of aromatic nitrogens is 2. The fourth-order valence-electron chi connectivity index (χ4n) is 2.36. The summed E-state index contributed by atoms with van der Waals surface area (Å²) in [5.74, 6) is 0.898. The predicted molar refractivity (Wildman–Crippen MR) is 85.4 cm³/mol. The summed E-state index contributed by atoms with van der Waals surface area (Å²) in [5.41, 5.74) is 2.41. The van der Waals surface area contributed by atoms with Crippen molar-refractivity contribution in [3.8, 4) is 5.75 Å². The quantitative estimate of drug-likeness (QED) is 0.807. The molecule has 0 aliphatic heterocycles. The molecule has 2 aromatic rings. The van der Waals surface area contributed by atoms with Gasteiger partial charge in [0.15, 0.2) is 0 Å². The second-order valence-corrected chi connectivity index (χ2v) is 5.08. The highest BCUT2D eigenvalue weighted by atomic mass is 16.5. The molecule has 0 amide bonds. The van der Waals surface area contributed by atoms with E-state index in [1.54, 1.807) is 0 Å². The Labute approximate surface area is 127 Å². The van der Waals surface area contributed by atoms with Gasteiger partial charge in [0.1, 0.15) is 12.4 Å². The fraction of sp³-hybridized carbons (Fsp3) is 0.471. The number of hydrogen-bond acceptors (Lipinski definition) is 3. The van der Waals surface area contributed by atoms with E-state index in [1.807, 2.05) is 29.2 Å². The molecular formula is C17H25N3O. The van der Waals surface area contributed by atoms with Gasteiger partial charge in [-0.1, -0.05) is 26.0 Å². The Morgan fingerprint density at radius 3 is 2.52 bits per heavy atom. The molecule has 4 nitrogen and oxygen atoms in total. The lowest BCUT2D eigenvalue weighted by atomic mass is 10.0. The van der Waals surface area contributed by atoms with E-state index < -0.39 is 0 Å². The van der Waals surface area contributed by atoms with Crippen molar-refractivity contribution in [2.45, 2.75) is 46.4 Å². The average molecular weight is 287 g/mol. The molecule has 1 heterocycles. The van der Waals surface area contributed by atoms with E-state index in [-0.39, 0.29) is 0 Å². The van der Waals surface area contributed by atoms with Crippen molar-refractivity contribution >= 4 is 0 Å². The van der Waals surface area contributed by atoms with Crippen LogP contribution in [0.25, 0.3) is 0 Å².